The number of sulfonamides is 1. The lowest BCUT2D eigenvalue weighted by molar-refractivity contribution is -0.141. The van der Waals surface area contributed by atoms with Crippen LogP contribution in [0.2, 0.25) is 5.02 Å². The molecule has 1 aromatic rings. The molecule has 1 unspecified atom stereocenters. The molecular formula is C12H16ClNO4S. The molecule has 0 saturated carbocycles. The van der Waals surface area contributed by atoms with E-state index in [2.05, 4.69) is 0 Å². The quantitative estimate of drug-likeness (QED) is 0.874. The van der Waals surface area contributed by atoms with Crippen LogP contribution in [-0.2, 0) is 14.8 Å². The molecule has 106 valence electrons. The van der Waals surface area contributed by atoms with Gasteiger partial charge < -0.3 is 5.11 Å². The molecule has 0 spiro atoms. The second-order valence-electron chi connectivity index (χ2n) is 3.90. The molecule has 0 heterocycles. The lowest BCUT2D eigenvalue weighted by Crippen LogP contribution is -2.44. The van der Waals surface area contributed by atoms with Gasteiger partial charge in [0.2, 0.25) is 10.0 Å². The molecule has 5 nitrogen and oxygen atoms in total. The molecular weight excluding hydrogens is 290 g/mol. The Morgan fingerprint density at radius 1 is 1.37 bits per heavy atom. The van der Waals surface area contributed by atoms with Gasteiger partial charge in [-0.25, -0.2) is 8.42 Å². The average Bonchev–Trinajstić information content (AvgIpc) is 2.35. The van der Waals surface area contributed by atoms with Crippen LogP contribution in [0.15, 0.2) is 29.2 Å². The Labute approximate surface area is 117 Å². The number of rotatable bonds is 6. The van der Waals surface area contributed by atoms with Crippen LogP contribution < -0.4 is 0 Å². The third-order valence-corrected chi connectivity index (χ3v) is 5.24. The lowest BCUT2D eigenvalue weighted by Gasteiger charge is -2.26. The van der Waals surface area contributed by atoms with Gasteiger partial charge in [-0.3, -0.25) is 4.79 Å². The average molecular weight is 306 g/mol. The van der Waals surface area contributed by atoms with Crippen molar-refractivity contribution in [1.29, 1.82) is 0 Å². The van der Waals surface area contributed by atoms with Gasteiger partial charge in [0.1, 0.15) is 10.9 Å². The van der Waals surface area contributed by atoms with E-state index in [0.29, 0.717) is 0 Å². The molecule has 1 rings (SSSR count). The maximum Gasteiger partial charge on any atom is 0.322 e. The summed E-state index contributed by atoms with van der Waals surface area (Å²) in [5.41, 5.74) is 0. The molecule has 0 aliphatic carbocycles. The van der Waals surface area contributed by atoms with Crippen LogP contribution in [0.5, 0.6) is 0 Å². The monoisotopic (exact) mass is 305 g/mol. The standard InChI is InChI=1S/C12H16ClNO4S/c1-3-10(12(15)16)14(4-2)19(17,18)11-8-6-5-7-9(11)13/h5-8,10H,3-4H2,1-2H3,(H,15,16). The van der Waals surface area contributed by atoms with Crippen molar-refractivity contribution in [2.75, 3.05) is 6.54 Å². The minimum Gasteiger partial charge on any atom is -0.480 e. The number of hydrogen-bond donors (Lipinski definition) is 1. The highest BCUT2D eigenvalue weighted by molar-refractivity contribution is 7.89. The van der Waals surface area contributed by atoms with E-state index in [1.165, 1.54) is 12.1 Å². The fourth-order valence-electron chi connectivity index (χ4n) is 1.84. The highest BCUT2D eigenvalue weighted by atomic mass is 35.5. The summed E-state index contributed by atoms with van der Waals surface area (Å²) < 4.78 is 25.9. The molecule has 0 bridgehead atoms. The number of carboxylic acid groups (broad SMARTS) is 1. The number of halogens is 1. The minimum absolute atomic E-state index is 0.0678. The van der Waals surface area contributed by atoms with E-state index in [1.807, 2.05) is 0 Å². The number of likely N-dealkylation sites (N-methyl/N-ethyl adjacent to an activating group) is 1. The molecule has 0 amide bonds. The van der Waals surface area contributed by atoms with Crippen molar-refractivity contribution in [2.24, 2.45) is 0 Å². The Bertz CT molecular complexity index is 559. The summed E-state index contributed by atoms with van der Waals surface area (Å²) in [6, 6.07) is 4.91. The zero-order chi connectivity index (χ0) is 14.6. The molecule has 0 aromatic heterocycles. The van der Waals surface area contributed by atoms with Gasteiger partial charge in [-0.05, 0) is 18.6 Å². The van der Waals surface area contributed by atoms with Crippen LogP contribution in [0.25, 0.3) is 0 Å². The van der Waals surface area contributed by atoms with Gasteiger partial charge in [-0.2, -0.15) is 4.31 Å². The number of benzene rings is 1. The summed E-state index contributed by atoms with van der Waals surface area (Å²) in [5.74, 6) is -1.17. The van der Waals surface area contributed by atoms with Gasteiger partial charge in [0.05, 0.1) is 5.02 Å². The van der Waals surface area contributed by atoms with Gasteiger partial charge in [0, 0.05) is 6.54 Å². The van der Waals surface area contributed by atoms with E-state index >= 15 is 0 Å². The zero-order valence-corrected chi connectivity index (χ0v) is 12.3. The van der Waals surface area contributed by atoms with E-state index in [0.717, 1.165) is 4.31 Å². The van der Waals surface area contributed by atoms with Gasteiger partial charge in [-0.1, -0.05) is 37.6 Å². The largest absolute Gasteiger partial charge is 0.480 e. The van der Waals surface area contributed by atoms with Crippen LogP contribution in [0, 0.1) is 0 Å². The van der Waals surface area contributed by atoms with Crippen molar-refractivity contribution < 1.29 is 18.3 Å². The summed E-state index contributed by atoms with van der Waals surface area (Å²) in [5, 5.41) is 9.20. The maximum absolute atomic E-state index is 12.5. The van der Waals surface area contributed by atoms with Gasteiger partial charge in [0.25, 0.3) is 0 Å². The summed E-state index contributed by atoms with van der Waals surface area (Å²) in [6.07, 6.45) is 0.187. The summed E-state index contributed by atoms with van der Waals surface area (Å²) >= 11 is 5.88. The molecule has 0 saturated heterocycles. The van der Waals surface area contributed by atoms with E-state index in [9.17, 15) is 13.2 Å². The molecule has 1 atom stereocenters. The minimum atomic E-state index is -3.92. The Balaban J connectivity index is 3.31. The lowest BCUT2D eigenvalue weighted by atomic mass is 10.2. The smallest absolute Gasteiger partial charge is 0.322 e. The van der Waals surface area contributed by atoms with E-state index in [-0.39, 0.29) is 22.9 Å². The van der Waals surface area contributed by atoms with Crippen molar-refractivity contribution in [3.8, 4) is 0 Å². The van der Waals surface area contributed by atoms with Crippen molar-refractivity contribution >= 4 is 27.6 Å². The van der Waals surface area contributed by atoms with Crippen LogP contribution in [0.4, 0.5) is 0 Å². The second kappa shape index (κ2) is 6.36. The third-order valence-electron chi connectivity index (χ3n) is 2.75. The normalized spacial score (nSPS) is 13.5. The Morgan fingerprint density at radius 2 is 1.95 bits per heavy atom. The van der Waals surface area contributed by atoms with Gasteiger partial charge in [-0.15, -0.1) is 0 Å². The molecule has 7 heteroatoms. The molecule has 1 N–H and O–H groups in total. The fraction of sp³-hybridized carbons (Fsp3) is 0.417. The van der Waals surface area contributed by atoms with Crippen molar-refractivity contribution in [3.05, 3.63) is 29.3 Å². The Hall–Kier alpha value is -1.11. The van der Waals surface area contributed by atoms with Crippen LogP contribution in [0.1, 0.15) is 20.3 Å². The molecule has 0 fully saturated rings. The van der Waals surface area contributed by atoms with Gasteiger partial charge in [0.15, 0.2) is 0 Å². The number of aliphatic carboxylic acids is 1. The summed E-state index contributed by atoms with van der Waals surface area (Å²) in [7, 11) is -3.92. The summed E-state index contributed by atoms with van der Waals surface area (Å²) in [4.78, 5) is 11.1. The Kier molecular flexibility index (Phi) is 5.34. The van der Waals surface area contributed by atoms with Crippen LogP contribution >= 0.6 is 11.6 Å². The molecule has 1 aromatic carbocycles. The first-order chi connectivity index (χ1) is 8.86. The zero-order valence-electron chi connectivity index (χ0n) is 10.7. The molecule has 19 heavy (non-hydrogen) atoms. The van der Waals surface area contributed by atoms with E-state index in [1.54, 1.807) is 26.0 Å². The SMILES string of the molecule is CCC(C(=O)O)N(CC)S(=O)(=O)c1ccccc1Cl. The van der Waals surface area contributed by atoms with Crippen molar-refractivity contribution in [2.45, 2.75) is 31.2 Å². The maximum atomic E-state index is 12.5. The fourth-order valence-corrected chi connectivity index (χ4v) is 4.00. The van der Waals surface area contributed by atoms with Crippen LogP contribution in [-0.4, -0.2) is 36.4 Å². The number of carbonyl (C=O) groups is 1. The first-order valence-corrected chi connectivity index (χ1v) is 7.67. The predicted octanol–water partition coefficient (Wildman–Crippen LogP) is 2.21. The Morgan fingerprint density at radius 3 is 2.37 bits per heavy atom. The van der Waals surface area contributed by atoms with Gasteiger partial charge >= 0.3 is 5.97 Å². The molecule has 0 aliphatic heterocycles. The number of hydrogen-bond acceptors (Lipinski definition) is 3. The first kappa shape index (κ1) is 15.9. The van der Waals surface area contributed by atoms with E-state index in [4.69, 9.17) is 16.7 Å². The van der Waals surface area contributed by atoms with E-state index < -0.39 is 22.0 Å². The molecule has 0 aliphatic rings. The second-order valence-corrected chi connectivity index (χ2v) is 6.17. The topological polar surface area (TPSA) is 74.7 Å². The molecule has 0 radical (unpaired) electrons. The third kappa shape index (κ3) is 3.26. The number of carboxylic acids is 1. The van der Waals surface area contributed by atoms with Crippen LogP contribution in [0.3, 0.4) is 0 Å². The predicted molar refractivity (Wildman–Crippen MR) is 72.7 cm³/mol. The number of nitrogens with zero attached hydrogens (tertiary/aromatic N) is 1. The highest BCUT2D eigenvalue weighted by Crippen LogP contribution is 2.26. The van der Waals surface area contributed by atoms with Crippen molar-refractivity contribution in [3.63, 3.8) is 0 Å². The summed E-state index contributed by atoms with van der Waals surface area (Å²) in [6.45, 7) is 3.29. The highest BCUT2D eigenvalue weighted by Gasteiger charge is 2.34. The van der Waals surface area contributed by atoms with Crippen molar-refractivity contribution in [1.82, 2.24) is 4.31 Å². The first-order valence-electron chi connectivity index (χ1n) is 5.85.